The third-order valence-electron chi connectivity index (χ3n) is 3.82. The number of ether oxygens (including phenoxy) is 1. The summed E-state index contributed by atoms with van der Waals surface area (Å²) in [4.78, 5) is 0.300. The van der Waals surface area contributed by atoms with Crippen molar-refractivity contribution in [2.24, 2.45) is 0 Å². The third kappa shape index (κ3) is 2.30. The van der Waals surface area contributed by atoms with E-state index >= 15 is 0 Å². The molecule has 108 valence electrons. The van der Waals surface area contributed by atoms with Crippen molar-refractivity contribution >= 4 is 10.0 Å². The minimum absolute atomic E-state index is 0.300. The van der Waals surface area contributed by atoms with E-state index < -0.39 is 15.6 Å². The van der Waals surface area contributed by atoms with Crippen LogP contribution in [0.3, 0.4) is 0 Å². The summed E-state index contributed by atoms with van der Waals surface area (Å²) in [7, 11) is -3.54. The molecule has 1 fully saturated rings. The molecule has 7 heteroatoms. The van der Waals surface area contributed by atoms with E-state index in [1.165, 1.54) is 0 Å². The molecule has 0 bridgehead atoms. The number of morpholine rings is 1. The van der Waals surface area contributed by atoms with Gasteiger partial charge in [0.15, 0.2) is 0 Å². The Morgan fingerprint density at radius 2 is 2.16 bits per heavy atom. The van der Waals surface area contributed by atoms with Crippen LogP contribution in [0.4, 0.5) is 0 Å². The fraction of sp³-hybridized carbons (Fsp3) is 0.750. The number of hydrogen-bond donors (Lipinski definition) is 1. The van der Waals surface area contributed by atoms with Crippen molar-refractivity contribution in [2.45, 2.75) is 44.6 Å². The lowest BCUT2D eigenvalue weighted by atomic mass is 9.99. The van der Waals surface area contributed by atoms with Crippen LogP contribution in [0, 0.1) is 13.8 Å². The summed E-state index contributed by atoms with van der Waals surface area (Å²) in [5, 5.41) is 6.73. The van der Waals surface area contributed by atoms with Gasteiger partial charge in [0, 0.05) is 6.54 Å². The minimum Gasteiger partial charge on any atom is -0.378 e. The fourth-order valence-corrected chi connectivity index (χ4v) is 4.65. The van der Waals surface area contributed by atoms with E-state index in [9.17, 15) is 8.42 Å². The monoisotopic (exact) mass is 287 g/mol. The molecule has 0 amide bonds. The molecular formula is C12H21N3O3S. The van der Waals surface area contributed by atoms with Crippen molar-refractivity contribution in [3.8, 4) is 0 Å². The van der Waals surface area contributed by atoms with Crippen molar-refractivity contribution in [2.75, 3.05) is 19.8 Å². The van der Waals surface area contributed by atoms with Crippen molar-refractivity contribution in [3.05, 3.63) is 11.4 Å². The average molecular weight is 287 g/mol. The van der Waals surface area contributed by atoms with Gasteiger partial charge in [-0.1, -0.05) is 6.92 Å². The Balaban J connectivity index is 2.50. The van der Waals surface area contributed by atoms with Gasteiger partial charge in [0.2, 0.25) is 10.0 Å². The number of aromatic nitrogens is 2. The molecule has 1 unspecified atom stereocenters. The molecule has 1 atom stereocenters. The zero-order valence-electron chi connectivity index (χ0n) is 11.9. The van der Waals surface area contributed by atoms with Gasteiger partial charge in [0.25, 0.3) is 0 Å². The van der Waals surface area contributed by atoms with Gasteiger partial charge in [0.05, 0.1) is 30.1 Å². The van der Waals surface area contributed by atoms with Crippen molar-refractivity contribution in [1.82, 2.24) is 14.5 Å². The summed E-state index contributed by atoms with van der Waals surface area (Å²) < 4.78 is 32.8. The van der Waals surface area contributed by atoms with Crippen LogP contribution < -0.4 is 0 Å². The molecule has 0 aliphatic carbocycles. The summed E-state index contributed by atoms with van der Waals surface area (Å²) in [6.07, 6.45) is 0.710. The van der Waals surface area contributed by atoms with Gasteiger partial charge in [-0.05, 0) is 27.2 Å². The lowest BCUT2D eigenvalue weighted by Gasteiger charge is -2.42. The summed E-state index contributed by atoms with van der Waals surface area (Å²) in [6, 6.07) is 0. The predicted molar refractivity (Wildman–Crippen MR) is 71.5 cm³/mol. The molecular weight excluding hydrogens is 266 g/mol. The number of aryl methyl sites for hydroxylation is 2. The van der Waals surface area contributed by atoms with Crippen LogP contribution in [0.2, 0.25) is 0 Å². The highest BCUT2D eigenvalue weighted by Crippen LogP contribution is 2.31. The van der Waals surface area contributed by atoms with Gasteiger partial charge < -0.3 is 4.74 Å². The van der Waals surface area contributed by atoms with Crippen molar-refractivity contribution < 1.29 is 13.2 Å². The van der Waals surface area contributed by atoms with Gasteiger partial charge >= 0.3 is 0 Å². The zero-order chi connectivity index (χ0) is 14.3. The molecule has 1 aliphatic heterocycles. The van der Waals surface area contributed by atoms with Crippen LogP contribution in [0.5, 0.6) is 0 Å². The van der Waals surface area contributed by atoms with E-state index in [4.69, 9.17) is 4.74 Å². The smallest absolute Gasteiger partial charge is 0.247 e. The van der Waals surface area contributed by atoms with Gasteiger partial charge in [0.1, 0.15) is 4.90 Å². The number of rotatable bonds is 3. The highest BCUT2D eigenvalue weighted by molar-refractivity contribution is 7.89. The van der Waals surface area contributed by atoms with Gasteiger partial charge in [-0.2, -0.15) is 9.40 Å². The first kappa shape index (κ1) is 14.5. The van der Waals surface area contributed by atoms with Crippen LogP contribution >= 0.6 is 0 Å². The van der Waals surface area contributed by atoms with Crippen LogP contribution in [0.25, 0.3) is 0 Å². The first-order valence-corrected chi connectivity index (χ1v) is 7.89. The van der Waals surface area contributed by atoms with Gasteiger partial charge in [-0.3, -0.25) is 5.10 Å². The van der Waals surface area contributed by atoms with Crippen LogP contribution in [-0.4, -0.2) is 48.2 Å². The highest BCUT2D eigenvalue weighted by Gasteiger charge is 2.43. The molecule has 0 aromatic carbocycles. The lowest BCUT2D eigenvalue weighted by Crippen LogP contribution is -2.56. The Morgan fingerprint density at radius 1 is 1.47 bits per heavy atom. The number of nitrogens with one attached hydrogen (secondary N) is 1. The van der Waals surface area contributed by atoms with Crippen LogP contribution in [0.15, 0.2) is 4.90 Å². The first-order valence-electron chi connectivity index (χ1n) is 6.45. The van der Waals surface area contributed by atoms with E-state index in [2.05, 4.69) is 10.2 Å². The van der Waals surface area contributed by atoms with Crippen molar-refractivity contribution in [3.63, 3.8) is 0 Å². The lowest BCUT2D eigenvalue weighted by molar-refractivity contribution is -0.0186. The normalized spacial score (nSPS) is 25.7. The molecule has 1 aromatic rings. The Labute approximate surface area is 114 Å². The summed E-state index contributed by atoms with van der Waals surface area (Å²) in [5.74, 6) is 0. The molecule has 2 rings (SSSR count). The second-order valence-corrected chi connectivity index (χ2v) is 7.04. The standard InChI is InChI=1S/C12H21N3O3S/c1-5-12(4)8-18-7-6-15(12)19(16,17)11-9(2)13-14-10(11)3/h5-8H2,1-4H3,(H,13,14). The van der Waals surface area contributed by atoms with E-state index in [1.54, 1.807) is 18.2 Å². The molecule has 0 radical (unpaired) electrons. The Bertz CT molecular complexity index is 547. The molecule has 0 spiro atoms. The minimum atomic E-state index is -3.54. The van der Waals surface area contributed by atoms with E-state index in [-0.39, 0.29) is 0 Å². The maximum Gasteiger partial charge on any atom is 0.247 e. The largest absolute Gasteiger partial charge is 0.378 e. The van der Waals surface area contributed by atoms with E-state index in [0.717, 1.165) is 0 Å². The van der Waals surface area contributed by atoms with Crippen LogP contribution in [-0.2, 0) is 14.8 Å². The SMILES string of the molecule is CCC1(C)COCCN1S(=O)(=O)c1c(C)n[nH]c1C. The predicted octanol–water partition coefficient (Wildman–Crippen LogP) is 1.22. The second-order valence-electron chi connectivity index (χ2n) is 5.24. The second kappa shape index (κ2) is 4.88. The summed E-state index contributed by atoms with van der Waals surface area (Å²) in [5.41, 5.74) is 0.609. The van der Waals surface area contributed by atoms with E-state index in [0.29, 0.717) is 42.5 Å². The maximum absolute atomic E-state index is 12.9. The van der Waals surface area contributed by atoms with Gasteiger partial charge in [-0.25, -0.2) is 8.42 Å². The third-order valence-corrected chi connectivity index (χ3v) is 6.15. The number of hydrogen-bond acceptors (Lipinski definition) is 4. The van der Waals surface area contributed by atoms with Crippen molar-refractivity contribution in [1.29, 1.82) is 0 Å². The molecule has 2 heterocycles. The number of aromatic amines is 1. The highest BCUT2D eigenvalue weighted by atomic mass is 32.2. The average Bonchev–Trinajstić information content (AvgIpc) is 2.70. The van der Waals surface area contributed by atoms with Gasteiger partial charge in [-0.15, -0.1) is 0 Å². The summed E-state index contributed by atoms with van der Waals surface area (Å²) in [6.45, 7) is 8.59. The quantitative estimate of drug-likeness (QED) is 0.907. The molecule has 1 saturated heterocycles. The Morgan fingerprint density at radius 3 is 2.68 bits per heavy atom. The molecule has 0 saturated carbocycles. The molecule has 6 nitrogen and oxygen atoms in total. The van der Waals surface area contributed by atoms with E-state index in [1.807, 2.05) is 13.8 Å². The molecule has 1 aromatic heterocycles. The van der Waals surface area contributed by atoms with Crippen LogP contribution in [0.1, 0.15) is 31.7 Å². The number of nitrogens with zero attached hydrogens (tertiary/aromatic N) is 2. The Hall–Kier alpha value is -0.920. The number of H-pyrrole nitrogens is 1. The maximum atomic E-state index is 12.9. The summed E-state index contributed by atoms with van der Waals surface area (Å²) >= 11 is 0. The zero-order valence-corrected chi connectivity index (χ0v) is 12.7. The molecule has 1 N–H and O–H groups in total. The fourth-order valence-electron chi connectivity index (χ4n) is 2.50. The topological polar surface area (TPSA) is 75.3 Å². The molecule has 1 aliphatic rings. The number of sulfonamides is 1. The molecule has 19 heavy (non-hydrogen) atoms. The first-order chi connectivity index (χ1) is 8.83. The Kier molecular flexibility index (Phi) is 3.72.